The van der Waals surface area contributed by atoms with Gasteiger partial charge in [0, 0.05) is 26.2 Å². The van der Waals surface area contributed by atoms with Crippen molar-refractivity contribution in [1.29, 1.82) is 0 Å². The Labute approximate surface area is 109 Å². The van der Waals surface area contributed by atoms with Gasteiger partial charge in [-0.3, -0.25) is 4.90 Å². The molecule has 2 N–H and O–H groups in total. The van der Waals surface area contributed by atoms with Crippen LogP contribution in [-0.2, 0) is 0 Å². The maximum atomic E-state index is 6.66. The smallest absolute Gasteiger partial charge is 0.306 e. The van der Waals surface area contributed by atoms with Gasteiger partial charge in [0.05, 0.1) is 6.54 Å². The molecule has 3 heterocycles. The van der Waals surface area contributed by atoms with Crippen LogP contribution < -0.4 is 22.5 Å². The van der Waals surface area contributed by atoms with Crippen LogP contribution in [0.2, 0.25) is 0 Å². The van der Waals surface area contributed by atoms with Crippen molar-refractivity contribution in [2.45, 2.75) is 0 Å². The van der Waals surface area contributed by atoms with Crippen molar-refractivity contribution in [3.63, 3.8) is 0 Å². The standard InChI is InChI=1S/C9H22N5P.BrH/c1-11-4-7-14-8-5-12(2)15(11,10)13(3)6-9-14;/h10H,4-9H2,1-3H3;1H. The highest BCUT2D eigenvalue weighted by molar-refractivity contribution is 7.56. The lowest BCUT2D eigenvalue weighted by molar-refractivity contribution is -0.486. The van der Waals surface area contributed by atoms with Gasteiger partial charge in [0.1, 0.15) is 7.05 Å². The van der Waals surface area contributed by atoms with Crippen molar-refractivity contribution in [2.24, 2.45) is 5.50 Å². The van der Waals surface area contributed by atoms with Crippen molar-refractivity contribution in [1.82, 2.24) is 14.2 Å². The van der Waals surface area contributed by atoms with Gasteiger partial charge in [-0.05, 0) is 14.1 Å². The van der Waals surface area contributed by atoms with Gasteiger partial charge in [0.25, 0.3) is 0 Å². The zero-order valence-electron chi connectivity index (χ0n) is 10.4. The van der Waals surface area contributed by atoms with E-state index in [4.69, 9.17) is 5.50 Å². The van der Waals surface area contributed by atoms with Crippen LogP contribution in [0.1, 0.15) is 0 Å². The van der Waals surface area contributed by atoms with Gasteiger partial charge in [-0.25, -0.2) is 19.2 Å². The van der Waals surface area contributed by atoms with Crippen LogP contribution in [0, 0.1) is 0 Å². The normalized spacial score (nSPS) is 37.5. The molecule has 0 aliphatic carbocycles. The Kier molecular flexibility index (Phi) is 4.99. The van der Waals surface area contributed by atoms with Crippen molar-refractivity contribution >= 4 is 7.51 Å². The second-order valence-corrected chi connectivity index (χ2v) is 7.88. The van der Waals surface area contributed by atoms with Gasteiger partial charge >= 0.3 is 7.51 Å². The number of halogens is 1. The SMILES string of the molecule is CN1CCN2CCN(C)P1(N)=[N+](C)CC2.[Br-]. The van der Waals surface area contributed by atoms with Crippen molar-refractivity contribution in [3.8, 4) is 0 Å². The molecule has 0 radical (unpaired) electrons. The molecule has 0 unspecified atom stereocenters. The summed E-state index contributed by atoms with van der Waals surface area (Å²) in [6, 6.07) is 0. The van der Waals surface area contributed by atoms with Gasteiger partial charge in [-0.2, -0.15) is 0 Å². The van der Waals surface area contributed by atoms with Gasteiger partial charge in [0.15, 0.2) is 6.54 Å². The molecule has 3 aliphatic rings. The molecule has 96 valence electrons. The zero-order valence-corrected chi connectivity index (χ0v) is 12.9. The minimum atomic E-state index is -1.70. The van der Waals surface area contributed by atoms with Crippen LogP contribution >= 0.6 is 7.51 Å². The van der Waals surface area contributed by atoms with E-state index in [9.17, 15) is 0 Å². The predicted octanol–water partition coefficient (Wildman–Crippen LogP) is -3.27. The summed E-state index contributed by atoms with van der Waals surface area (Å²) < 4.78 is 7.08. The second-order valence-electron chi connectivity index (χ2n) is 4.60. The fraction of sp³-hybridized carbons (Fsp3) is 1.00. The minimum Gasteiger partial charge on any atom is -1.00 e. The third-order valence-corrected chi connectivity index (χ3v) is 7.34. The van der Waals surface area contributed by atoms with Gasteiger partial charge in [-0.15, -0.1) is 0 Å². The van der Waals surface area contributed by atoms with Gasteiger partial charge < -0.3 is 17.0 Å². The Morgan fingerprint density at radius 3 is 2.00 bits per heavy atom. The first-order valence-electron chi connectivity index (χ1n) is 5.60. The lowest BCUT2D eigenvalue weighted by atomic mass is 10.4. The maximum Gasteiger partial charge on any atom is 0.306 e. The van der Waals surface area contributed by atoms with Crippen LogP contribution in [0.4, 0.5) is 0 Å². The number of rotatable bonds is 0. The Hall–Kier alpha value is 0.550. The molecule has 0 aromatic carbocycles. The lowest BCUT2D eigenvalue weighted by Crippen LogP contribution is -3.00. The Morgan fingerprint density at radius 1 is 1.00 bits per heavy atom. The monoisotopic (exact) mass is 311 g/mol. The van der Waals surface area contributed by atoms with E-state index >= 15 is 0 Å². The molecule has 16 heavy (non-hydrogen) atoms. The van der Waals surface area contributed by atoms with Crippen molar-refractivity contribution in [2.75, 3.05) is 60.4 Å². The molecule has 0 aromatic rings. The molecule has 1 fully saturated rings. The molecule has 7 heteroatoms. The third-order valence-electron chi connectivity index (χ3n) is 3.73. The van der Waals surface area contributed by atoms with Crippen LogP contribution in [0.5, 0.6) is 0 Å². The molecule has 3 aliphatic heterocycles. The van der Waals surface area contributed by atoms with E-state index < -0.39 is 7.51 Å². The number of nitrogens with zero attached hydrogens (tertiary/aromatic N) is 4. The molecule has 0 spiro atoms. The Balaban J connectivity index is 0.00000128. The topological polar surface area (TPSA) is 38.8 Å². The van der Waals surface area contributed by atoms with Crippen LogP contribution in [0.15, 0.2) is 0 Å². The van der Waals surface area contributed by atoms with Crippen molar-refractivity contribution in [3.05, 3.63) is 0 Å². The van der Waals surface area contributed by atoms with E-state index in [1.807, 2.05) is 0 Å². The van der Waals surface area contributed by atoms with Gasteiger partial charge in [-0.1, -0.05) is 0 Å². The minimum absolute atomic E-state index is 0. The summed E-state index contributed by atoms with van der Waals surface area (Å²) in [4.78, 5) is 2.53. The first kappa shape index (κ1) is 14.6. The molecule has 0 atom stereocenters. The first-order valence-corrected chi connectivity index (χ1v) is 7.31. The maximum absolute atomic E-state index is 6.66. The predicted molar refractivity (Wildman–Crippen MR) is 63.9 cm³/mol. The van der Waals surface area contributed by atoms with Crippen LogP contribution in [0.3, 0.4) is 0 Å². The average molecular weight is 312 g/mol. The van der Waals surface area contributed by atoms with Gasteiger partial charge in [0.2, 0.25) is 0 Å². The fourth-order valence-electron chi connectivity index (χ4n) is 2.42. The zero-order chi connectivity index (χ0) is 11.1. The molecular formula is C9H23BrN5P. The number of hydrogen-bond acceptors (Lipinski definition) is 4. The largest absolute Gasteiger partial charge is 1.00 e. The molecule has 5 nitrogen and oxygen atoms in total. The molecular weight excluding hydrogens is 289 g/mol. The first-order chi connectivity index (χ1) is 7.05. The summed E-state index contributed by atoms with van der Waals surface area (Å²) >= 11 is 0. The highest BCUT2D eigenvalue weighted by Crippen LogP contribution is 2.46. The van der Waals surface area contributed by atoms with E-state index in [2.05, 4.69) is 39.7 Å². The molecule has 3 rings (SSSR count). The summed E-state index contributed by atoms with van der Waals surface area (Å²) in [6.45, 7) is 6.74. The number of nitrogens with two attached hydrogens (primary N) is 1. The second kappa shape index (κ2) is 5.46. The van der Waals surface area contributed by atoms with Crippen LogP contribution in [0.25, 0.3) is 0 Å². The molecule has 2 bridgehead atoms. The number of likely N-dealkylation sites (N-methyl/N-ethyl adjacent to an activating group) is 3. The number of fused-ring (bicyclic) bond motifs is 6. The molecule has 0 amide bonds. The Bertz CT molecular complexity index is 290. The summed E-state index contributed by atoms with van der Waals surface area (Å²) in [5, 5.41) is 0. The average Bonchev–Trinajstić information content (AvgIpc) is 2.22. The fourth-order valence-corrected chi connectivity index (χ4v) is 5.13. The van der Waals surface area contributed by atoms with E-state index in [0.717, 1.165) is 39.3 Å². The van der Waals surface area contributed by atoms with E-state index in [0.29, 0.717) is 0 Å². The van der Waals surface area contributed by atoms with Crippen LogP contribution in [-0.4, -0.2) is 79.0 Å². The molecule has 0 aromatic heterocycles. The highest BCUT2D eigenvalue weighted by Gasteiger charge is 2.38. The Morgan fingerprint density at radius 2 is 1.50 bits per heavy atom. The summed E-state index contributed by atoms with van der Waals surface area (Å²) in [5.41, 5.74) is 6.66. The molecule has 0 saturated carbocycles. The quantitative estimate of drug-likeness (QED) is 0.477. The summed E-state index contributed by atoms with van der Waals surface area (Å²) in [7, 11) is 4.79. The highest BCUT2D eigenvalue weighted by atomic mass is 79.9. The van der Waals surface area contributed by atoms with E-state index in [1.54, 1.807) is 0 Å². The lowest BCUT2D eigenvalue weighted by Gasteiger charge is -2.41. The van der Waals surface area contributed by atoms with E-state index in [-0.39, 0.29) is 17.0 Å². The van der Waals surface area contributed by atoms with Crippen molar-refractivity contribution < 1.29 is 21.3 Å². The molecule has 1 saturated heterocycles. The third kappa shape index (κ3) is 2.37. The summed E-state index contributed by atoms with van der Waals surface area (Å²) in [6.07, 6.45) is 0. The van der Waals surface area contributed by atoms with E-state index in [1.165, 1.54) is 0 Å². The summed E-state index contributed by atoms with van der Waals surface area (Å²) in [5.74, 6) is 0. The number of hydrogen-bond donors (Lipinski definition) is 1.